The fraction of sp³-hybridized carbons (Fsp3) is 0.538. The fourth-order valence-corrected chi connectivity index (χ4v) is 2.37. The lowest BCUT2D eigenvalue weighted by molar-refractivity contribution is 0.0449. The lowest BCUT2D eigenvalue weighted by Crippen LogP contribution is -2.37. The first-order valence-electron chi connectivity index (χ1n) is 5.94. The molecule has 1 saturated heterocycles. The van der Waals surface area contributed by atoms with Gasteiger partial charge in [0.2, 0.25) is 0 Å². The van der Waals surface area contributed by atoms with E-state index in [-0.39, 0.29) is 11.9 Å². The first-order valence-corrected chi connectivity index (χ1v) is 6.32. The minimum Gasteiger partial charge on any atom is -0.381 e. The normalized spacial score (nSPS) is 22.4. The van der Waals surface area contributed by atoms with E-state index in [2.05, 4.69) is 0 Å². The molecule has 0 radical (unpaired) electrons. The van der Waals surface area contributed by atoms with E-state index in [4.69, 9.17) is 22.1 Å². The maximum atomic E-state index is 13.6. The Balaban J connectivity index is 1.99. The average molecular weight is 258 g/mol. The average Bonchev–Trinajstić information content (AvgIpc) is 2.34. The summed E-state index contributed by atoms with van der Waals surface area (Å²) in [5.41, 5.74) is 6.74. The highest BCUT2D eigenvalue weighted by Gasteiger charge is 2.22. The zero-order chi connectivity index (χ0) is 12.3. The molecule has 2 rings (SSSR count). The molecule has 1 aliphatic rings. The Morgan fingerprint density at radius 1 is 1.53 bits per heavy atom. The van der Waals surface area contributed by atoms with Crippen LogP contribution in [0.3, 0.4) is 0 Å². The highest BCUT2D eigenvalue weighted by atomic mass is 35.5. The molecule has 17 heavy (non-hydrogen) atoms. The molecule has 1 heterocycles. The highest BCUT2D eigenvalue weighted by molar-refractivity contribution is 6.30. The smallest absolute Gasteiger partial charge is 0.127 e. The molecule has 0 spiro atoms. The largest absolute Gasteiger partial charge is 0.381 e. The van der Waals surface area contributed by atoms with Gasteiger partial charge in [0.25, 0.3) is 0 Å². The molecular weight excluding hydrogens is 241 g/mol. The zero-order valence-electron chi connectivity index (χ0n) is 9.66. The van der Waals surface area contributed by atoms with Gasteiger partial charge in [0.1, 0.15) is 5.82 Å². The number of rotatable bonds is 3. The van der Waals surface area contributed by atoms with Crippen molar-refractivity contribution in [2.45, 2.75) is 25.3 Å². The van der Waals surface area contributed by atoms with Gasteiger partial charge in [0.15, 0.2) is 0 Å². The third-order valence-corrected chi connectivity index (χ3v) is 3.51. The van der Waals surface area contributed by atoms with Gasteiger partial charge >= 0.3 is 0 Å². The Kier molecular flexibility index (Phi) is 4.37. The Labute approximate surface area is 106 Å². The predicted octanol–water partition coefficient (Wildman–Crippen LogP) is 2.78. The van der Waals surface area contributed by atoms with E-state index < -0.39 is 0 Å². The lowest BCUT2D eigenvalue weighted by atomic mass is 9.90. The standard InChI is InChI=1S/C13H17ClFNO/c14-11-4-3-9(12(15)7-11)6-13(16)10-2-1-5-17-8-10/h3-4,7,10,13H,1-2,5-6,8,16H2. The first-order chi connectivity index (χ1) is 8.16. The van der Waals surface area contributed by atoms with Crippen LogP contribution in [0.1, 0.15) is 18.4 Å². The van der Waals surface area contributed by atoms with E-state index in [0.717, 1.165) is 19.4 Å². The zero-order valence-corrected chi connectivity index (χ0v) is 10.4. The van der Waals surface area contributed by atoms with Crippen LogP contribution in [0.5, 0.6) is 0 Å². The van der Waals surface area contributed by atoms with E-state index >= 15 is 0 Å². The second-order valence-electron chi connectivity index (χ2n) is 4.58. The first kappa shape index (κ1) is 12.8. The van der Waals surface area contributed by atoms with Crippen molar-refractivity contribution in [3.63, 3.8) is 0 Å². The van der Waals surface area contributed by atoms with Crippen LogP contribution >= 0.6 is 11.6 Å². The summed E-state index contributed by atoms with van der Waals surface area (Å²) in [7, 11) is 0. The maximum absolute atomic E-state index is 13.6. The number of hydrogen-bond donors (Lipinski definition) is 1. The van der Waals surface area contributed by atoms with Crippen LogP contribution in [0, 0.1) is 11.7 Å². The summed E-state index contributed by atoms with van der Waals surface area (Å²) >= 11 is 5.71. The molecule has 0 aliphatic carbocycles. The monoisotopic (exact) mass is 257 g/mol. The quantitative estimate of drug-likeness (QED) is 0.904. The Bertz CT molecular complexity index is 380. The molecule has 0 aromatic heterocycles. The van der Waals surface area contributed by atoms with Crippen LogP contribution in [0.15, 0.2) is 18.2 Å². The molecule has 1 fully saturated rings. The molecule has 0 saturated carbocycles. The van der Waals surface area contributed by atoms with Crippen molar-refractivity contribution in [2.75, 3.05) is 13.2 Å². The molecule has 94 valence electrons. The molecule has 1 aliphatic heterocycles. The van der Waals surface area contributed by atoms with E-state index in [9.17, 15) is 4.39 Å². The summed E-state index contributed by atoms with van der Waals surface area (Å²) in [5, 5.41) is 0.417. The molecule has 2 N–H and O–H groups in total. The van der Waals surface area contributed by atoms with Crippen molar-refractivity contribution in [1.29, 1.82) is 0 Å². The molecule has 2 atom stereocenters. The number of halogens is 2. The Morgan fingerprint density at radius 3 is 3.00 bits per heavy atom. The second-order valence-corrected chi connectivity index (χ2v) is 5.02. The third kappa shape index (κ3) is 3.41. The van der Waals surface area contributed by atoms with Crippen LogP contribution < -0.4 is 5.73 Å². The van der Waals surface area contributed by atoms with E-state index in [1.54, 1.807) is 12.1 Å². The van der Waals surface area contributed by atoms with Crippen molar-refractivity contribution in [2.24, 2.45) is 11.7 Å². The van der Waals surface area contributed by atoms with Crippen molar-refractivity contribution in [3.8, 4) is 0 Å². The summed E-state index contributed by atoms with van der Waals surface area (Å²) in [5.74, 6) is 0.0588. The summed E-state index contributed by atoms with van der Waals surface area (Å²) in [4.78, 5) is 0. The predicted molar refractivity (Wildman–Crippen MR) is 66.6 cm³/mol. The SMILES string of the molecule is NC(Cc1ccc(Cl)cc1F)C1CCCOC1. The number of benzene rings is 1. The van der Waals surface area contributed by atoms with Crippen LogP contribution in [0.2, 0.25) is 5.02 Å². The minimum atomic E-state index is -0.273. The number of nitrogens with two attached hydrogens (primary N) is 1. The summed E-state index contributed by atoms with van der Waals surface area (Å²) in [6, 6.07) is 4.69. The summed E-state index contributed by atoms with van der Waals surface area (Å²) in [6.45, 7) is 1.51. The van der Waals surface area contributed by atoms with Crippen LogP contribution in [0.25, 0.3) is 0 Å². The molecule has 1 aromatic rings. The van der Waals surface area contributed by atoms with E-state index in [0.29, 0.717) is 29.5 Å². The van der Waals surface area contributed by atoms with Crippen LogP contribution in [-0.2, 0) is 11.2 Å². The second kappa shape index (κ2) is 5.80. The third-order valence-electron chi connectivity index (χ3n) is 3.27. The van der Waals surface area contributed by atoms with Crippen molar-refractivity contribution in [1.82, 2.24) is 0 Å². The van der Waals surface area contributed by atoms with Gasteiger partial charge in [0.05, 0.1) is 6.61 Å². The van der Waals surface area contributed by atoms with Gasteiger partial charge in [-0.2, -0.15) is 0 Å². The van der Waals surface area contributed by atoms with Gasteiger partial charge in [-0.05, 0) is 42.9 Å². The van der Waals surface area contributed by atoms with Crippen LogP contribution in [0.4, 0.5) is 4.39 Å². The molecular formula is C13H17ClFNO. The highest BCUT2D eigenvalue weighted by Crippen LogP contribution is 2.21. The lowest BCUT2D eigenvalue weighted by Gasteiger charge is -2.27. The summed E-state index contributed by atoms with van der Waals surface area (Å²) in [6.07, 6.45) is 2.65. The summed E-state index contributed by atoms with van der Waals surface area (Å²) < 4.78 is 19.0. The van der Waals surface area contributed by atoms with Gasteiger partial charge in [-0.3, -0.25) is 0 Å². The number of hydrogen-bond acceptors (Lipinski definition) is 2. The molecule has 0 bridgehead atoms. The van der Waals surface area contributed by atoms with Crippen LogP contribution in [-0.4, -0.2) is 19.3 Å². The van der Waals surface area contributed by atoms with Gasteiger partial charge in [-0.1, -0.05) is 17.7 Å². The van der Waals surface area contributed by atoms with Gasteiger partial charge < -0.3 is 10.5 Å². The number of ether oxygens (including phenoxy) is 1. The molecule has 2 nitrogen and oxygen atoms in total. The molecule has 4 heteroatoms. The molecule has 0 amide bonds. The fourth-order valence-electron chi connectivity index (χ4n) is 2.21. The van der Waals surface area contributed by atoms with Gasteiger partial charge in [-0.25, -0.2) is 4.39 Å². The van der Waals surface area contributed by atoms with Crippen molar-refractivity contribution in [3.05, 3.63) is 34.6 Å². The van der Waals surface area contributed by atoms with Crippen molar-refractivity contribution >= 4 is 11.6 Å². The minimum absolute atomic E-state index is 0.0500. The topological polar surface area (TPSA) is 35.2 Å². The maximum Gasteiger partial charge on any atom is 0.127 e. The van der Waals surface area contributed by atoms with Gasteiger partial charge in [0, 0.05) is 17.7 Å². The molecule has 1 aromatic carbocycles. The van der Waals surface area contributed by atoms with Gasteiger partial charge in [-0.15, -0.1) is 0 Å². The Morgan fingerprint density at radius 2 is 2.35 bits per heavy atom. The van der Waals surface area contributed by atoms with E-state index in [1.165, 1.54) is 6.07 Å². The molecule has 2 unspecified atom stereocenters. The van der Waals surface area contributed by atoms with Crippen molar-refractivity contribution < 1.29 is 9.13 Å². The Hall–Kier alpha value is -0.640. The van der Waals surface area contributed by atoms with E-state index in [1.807, 2.05) is 0 Å².